The molecule has 1 aliphatic heterocycles. The Labute approximate surface area is 153 Å². The number of amides is 1. The highest BCUT2D eigenvalue weighted by atomic mass is 32.2. The fourth-order valence-corrected chi connectivity index (χ4v) is 4.21. The summed E-state index contributed by atoms with van der Waals surface area (Å²) in [6.45, 7) is 0. The van der Waals surface area contributed by atoms with Crippen molar-refractivity contribution in [2.24, 2.45) is 7.05 Å². The minimum absolute atomic E-state index is 0.186. The van der Waals surface area contributed by atoms with Gasteiger partial charge in [-0.3, -0.25) is 9.69 Å². The van der Waals surface area contributed by atoms with E-state index in [1.54, 1.807) is 18.2 Å². The van der Waals surface area contributed by atoms with Crippen LogP contribution in [0.15, 0.2) is 59.6 Å². The van der Waals surface area contributed by atoms with Gasteiger partial charge >= 0.3 is 0 Å². The van der Waals surface area contributed by atoms with E-state index in [2.05, 4.69) is 0 Å². The molecule has 2 heterocycles. The van der Waals surface area contributed by atoms with Crippen LogP contribution in [0, 0.1) is 5.82 Å². The van der Waals surface area contributed by atoms with Crippen LogP contribution in [0.4, 0.5) is 10.1 Å². The van der Waals surface area contributed by atoms with Crippen LogP contribution >= 0.6 is 24.0 Å². The first kappa shape index (κ1) is 16.1. The number of carbonyl (C=O) groups excluding carboxylic acids is 1. The number of benzene rings is 2. The minimum Gasteiger partial charge on any atom is -0.350 e. The number of thioether (sulfide) groups is 1. The van der Waals surface area contributed by atoms with Crippen molar-refractivity contribution in [2.75, 3.05) is 4.90 Å². The number of hydrogen-bond acceptors (Lipinski definition) is 3. The van der Waals surface area contributed by atoms with E-state index in [0.29, 0.717) is 9.23 Å². The Morgan fingerprint density at radius 2 is 1.84 bits per heavy atom. The molecule has 0 aliphatic carbocycles. The SMILES string of the molecule is Cn1cc(/C=C2\SC(=S)N(c3ccccc3F)C2=O)c2ccccc21. The third-order valence-corrected chi connectivity index (χ3v) is 5.40. The van der Waals surface area contributed by atoms with Crippen LogP contribution in [0.25, 0.3) is 17.0 Å². The maximum atomic E-state index is 14.1. The fourth-order valence-electron chi connectivity index (χ4n) is 2.94. The standard InChI is InChI=1S/C19H13FN2OS2/c1-21-11-12(13-6-2-4-8-15(13)21)10-17-18(23)22(19(24)25-17)16-9-5-3-7-14(16)20/h2-11H,1H3/b17-10-. The summed E-state index contributed by atoms with van der Waals surface area (Å²) in [6.07, 6.45) is 3.79. The van der Waals surface area contributed by atoms with Crippen LogP contribution in [0.1, 0.15) is 5.56 Å². The van der Waals surface area contributed by atoms with Gasteiger partial charge in [-0.05, 0) is 24.3 Å². The van der Waals surface area contributed by atoms with Gasteiger partial charge in [0.25, 0.3) is 5.91 Å². The monoisotopic (exact) mass is 368 g/mol. The fraction of sp³-hybridized carbons (Fsp3) is 0.0526. The number of aromatic nitrogens is 1. The summed E-state index contributed by atoms with van der Waals surface area (Å²) < 4.78 is 16.4. The van der Waals surface area contributed by atoms with Crippen LogP contribution in [-0.4, -0.2) is 14.8 Å². The Morgan fingerprint density at radius 3 is 2.64 bits per heavy atom. The summed E-state index contributed by atoms with van der Waals surface area (Å²) in [6, 6.07) is 14.1. The molecule has 0 spiro atoms. The molecular weight excluding hydrogens is 355 g/mol. The first-order valence-corrected chi connectivity index (χ1v) is 8.85. The van der Waals surface area contributed by atoms with Gasteiger partial charge in [0.1, 0.15) is 5.82 Å². The number of nitrogens with zero attached hydrogens (tertiary/aromatic N) is 2. The van der Waals surface area contributed by atoms with E-state index in [9.17, 15) is 9.18 Å². The molecule has 25 heavy (non-hydrogen) atoms. The molecule has 0 atom stereocenters. The quantitative estimate of drug-likeness (QED) is 0.483. The van der Waals surface area contributed by atoms with Crippen LogP contribution < -0.4 is 4.90 Å². The van der Waals surface area contributed by atoms with E-state index < -0.39 is 5.82 Å². The number of rotatable bonds is 2. The van der Waals surface area contributed by atoms with Crippen molar-refractivity contribution in [3.8, 4) is 0 Å². The van der Waals surface area contributed by atoms with Gasteiger partial charge in [-0.25, -0.2) is 4.39 Å². The van der Waals surface area contributed by atoms with Gasteiger partial charge in [0.2, 0.25) is 0 Å². The van der Waals surface area contributed by atoms with Gasteiger partial charge in [0, 0.05) is 29.7 Å². The topological polar surface area (TPSA) is 25.2 Å². The van der Waals surface area contributed by atoms with E-state index in [0.717, 1.165) is 16.5 Å². The van der Waals surface area contributed by atoms with Crippen LogP contribution in [0.3, 0.4) is 0 Å². The van der Waals surface area contributed by atoms with Crippen LogP contribution in [0.5, 0.6) is 0 Å². The van der Waals surface area contributed by atoms with Gasteiger partial charge in [0.05, 0.1) is 10.6 Å². The summed E-state index contributed by atoms with van der Waals surface area (Å²) in [4.78, 5) is 14.5. The van der Waals surface area contributed by atoms with E-state index in [1.807, 2.05) is 48.2 Å². The Bertz CT molecular complexity index is 1050. The summed E-state index contributed by atoms with van der Waals surface area (Å²) in [5.41, 5.74) is 2.21. The molecule has 0 bridgehead atoms. The molecular formula is C19H13FN2OS2. The van der Waals surface area contributed by atoms with E-state index in [4.69, 9.17) is 12.2 Å². The second-order valence-corrected chi connectivity index (χ2v) is 7.36. The molecule has 0 radical (unpaired) electrons. The third kappa shape index (κ3) is 2.67. The van der Waals surface area contributed by atoms with Gasteiger partial charge < -0.3 is 4.57 Å². The first-order chi connectivity index (χ1) is 12.1. The van der Waals surface area contributed by atoms with Crippen LogP contribution in [-0.2, 0) is 11.8 Å². The zero-order valence-corrected chi connectivity index (χ0v) is 14.9. The van der Waals surface area contributed by atoms with Crippen molar-refractivity contribution in [2.45, 2.75) is 0 Å². The predicted molar refractivity (Wildman–Crippen MR) is 105 cm³/mol. The molecule has 1 amide bonds. The molecule has 124 valence electrons. The van der Waals surface area contributed by atoms with Crippen molar-refractivity contribution in [3.05, 3.63) is 71.0 Å². The van der Waals surface area contributed by atoms with E-state index >= 15 is 0 Å². The zero-order chi connectivity index (χ0) is 17.6. The second kappa shape index (κ2) is 6.13. The average Bonchev–Trinajstić information content (AvgIpc) is 3.06. The van der Waals surface area contributed by atoms with Gasteiger partial charge in [-0.15, -0.1) is 0 Å². The lowest BCUT2D eigenvalue weighted by Gasteiger charge is -2.14. The number of halogens is 1. The normalized spacial score (nSPS) is 16.4. The number of aryl methyl sites for hydroxylation is 1. The number of anilines is 1. The Morgan fingerprint density at radius 1 is 1.12 bits per heavy atom. The lowest BCUT2D eigenvalue weighted by atomic mass is 10.1. The Balaban J connectivity index is 1.77. The number of fused-ring (bicyclic) bond motifs is 1. The summed E-state index contributed by atoms with van der Waals surface area (Å²) >= 11 is 6.50. The second-order valence-electron chi connectivity index (χ2n) is 5.68. The number of hydrogen-bond donors (Lipinski definition) is 0. The average molecular weight is 368 g/mol. The van der Waals surface area contributed by atoms with Gasteiger partial charge in [-0.1, -0.05) is 54.3 Å². The molecule has 1 aromatic heterocycles. The molecule has 6 heteroatoms. The highest BCUT2D eigenvalue weighted by molar-refractivity contribution is 8.27. The van der Waals surface area contributed by atoms with Gasteiger partial charge in [0.15, 0.2) is 4.32 Å². The molecule has 4 rings (SSSR count). The first-order valence-electron chi connectivity index (χ1n) is 7.63. The molecule has 0 N–H and O–H groups in total. The van der Waals surface area contributed by atoms with Crippen molar-refractivity contribution >= 4 is 56.9 Å². The van der Waals surface area contributed by atoms with Crippen LogP contribution in [0.2, 0.25) is 0 Å². The van der Waals surface area contributed by atoms with Crippen molar-refractivity contribution in [3.63, 3.8) is 0 Å². The molecule has 1 aliphatic rings. The maximum Gasteiger partial charge on any atom is 0.270 e. The molecule has 3 aromatic rings. The number of para-hydroxylation sites is 2. The Kier molecular flexibility index (Phi) is 3.94. The molecule has 0 saturated carbocycles. The summed E-state index contributed by atoms with van der Waals surface area (Å²) in [7, 11) is 1.96. The lowest BCUT2D eigenvalue weighted by molar-refractivity contribution is -0.113. The lowest BCUT2D eigenvalue weighted by Crippen LogP contribution is -2.28. The van der Waals surface area contributed by atoms with E-state index in [-0.39, 0.29) is 11.6 Å². The minimum atomic E-state index is -0.467. The van der Waals surface area contributed by atoms with E-state index in [1.165, 1.54) is 22.7 Å². The largest absolute Gasteiger partial charge is 0.350 e. The Hall–Kier alpha value is -2.44. The summed E-state index contributed by atoms with van der Waals surface area (Å²) in [5, 5.41) is 1.06. The molecule has 2 aromatic carbocycles. The maximum absolute atomic E-state index is 14.1. The zero-order valence-electron chi connectivity index (χ0n) is 13.3. The molecule has 3 nitrogen and oxygen atoms in total. The highest BCUT2D eigenvalue weighted by Gasteiger charge is 2.34. The molecule has 1 saturated heterocycles. The van der Waals surface area contributed by atoms with Gasteiger partial charge in [-0.2, -0.15) is 0 Å². The number of carbonyl (C=O) groups is 1. The number of thiocarbonyl (C=S) groups is 1. The van der Waals surface area contributed by atoms with Crippen molar-refractivity contribution < 1.29 is 9.18 Å². The molecule has 1 fully saturated rings. The molecule has 0 unspecified atom stereocenters. The third-order valence-electron chi connectivity index (χ3n) is 4.10. The predicted octanol–water partition coefficient (Wildman–Crippen LogP) is 4.72. The highest BCUT2D eigenvalue weighted by Crippen LogP contribution is 2.37. The smallest absolute Gasteiger partial charge is 0.270 e. The van der Waals surface area contributed by atoms with Crippen molar-refractivity contribution in [1.29, 1.82) is 0 Å². The van der Waals surface area contributed by atoms with Crippen molar-refractivity contribution in [1.82, 2.24) is 4.57 Å². The summed E-state index contributed by atoms with van der Waals surface area (Å²) in [5.74, 6) is -0.766.